The van der Waals surface area contributed by atoms with Crippen LogP contribution in [0.4, 0.5) is 4.79 Å². The standard InChI is InChI=1S/C16H27N3O5/c1-15(2,3)24-14(22)18-6-4-16(23,5-7-18)10-19-9-11(13(17)21)8-12(19)20/h11,23H,4-10H2,1-3H3,(H2,17,21). The van der Waals surface area contributed by atoms with Crippen LogP contribution in [0.25, 0.3) is 0 Å². The Kier molecular flexibility index (Phi) is 5.08. The van der Waals surface area contributed by atoms with E-state index in [1.54, 1.807) is 25.7 Å². The van der Waals surface area contributed by atoms with Crippen molar-refractivity contribution in [2.45, 2.75) is 51.2 Å². The number of primary amides is 1. The number of aliphatic hydroxyl groups is 1. The van der Waals surface area contributed by atoms with E-state index in [0.717, 1.165) is 0 Å². The number of carbonyl (C=O) groups is 3. The van der Waals surface area contributed by atoms with Gasteiger partial charge in [-0.3, -0.25) is 9.59 Å². The van der Waals surface area contributed by atoms with Crippen molar-refractivity contribution < 1.29 is 24.2 Å². The van der Waals surface area contributed by atoms with E-state index in [0.29, 0.717) is 25.9 Å². The zero-order chi connectivity index (χ0) is 18.1. The molecular weight excluding hydrogens is 314 g/mol. The van der Waals surface area contributed by atoms with Crippen LogP contribution in [0.1, 0.15) is 40.0 Å². The molecule has 2 saturated heterocycles. The number of carbonyl (C=O) groups excluding carboxylic acids is 3. The van der Waals surface area contributed by atoms with E-state index in [1.165, 1.54) is 4.90 Å². The van der Waals surface area contributed by atoms with Gasteiger partial charge in [-0.15, -0.1) is 0 Å². The van der Waals surface area contributed by atoms with E-state index in [4.69, 9.17) is 10.5 Å². The first-order valence-corrected chi connectivity index (χ1v) is 8.26. The lowest BCUT2D eigenvalue weighted by atomic mass is 9.91. The fourth-order valence-corrected chi connectivity index (χ4v) is 3.06. The summed E-state index contributed by atoms with van der Waals surface area (Å²) in [5, 5.41) is 10.7. The third-order valence-electron chi connectivity index (χ3n) is 4.45. The molecule has 0 aromatic carbocycles. The Morgan fingerprint density at radius 1 is 1.33 bits per heavy atom. The van der Waals surface area contributed by atoms with Crippen molar-refractivity contribution in [2.75, 3.05) is 26.2 Å². The van der Waals surface area contributed by atoms with E-state index >= 15 is 0 Å². The molecule has 2 aliphatic heterocycles. The molecule has 2 fully saturated rings. The van der Waals surface area contributed by atoms with Gasteiger partial charge in [0.05, 0.1) is 11.5 Å². The highest BCUT2D eigenvalue weighted by Crippen LogP contribution is 2.27. The fraction of sp³-hybridized carbons (Fsp3) is 0.812. The van der Waals surface area contributed by atoms with Crippen LogP contribution in [-0.2, 0) is 14.3 Å². The second-order valence-corrected chi connectivity index (χ2v) is 7.77. The van der Waals surface area contributed by atoms with E-state index in [1.807, 2.05) is 0 Å². The number of hydrogen-bond donors (Lipinski definition) is 2. The first-order valence-electron chi connectivity index (χ1n) is 8.26. The van der Waals surface area contributed by atoms with Crippen LogP contribution in [0.15, 0.2) is 0 Å². The predicted octanol–water partition coefficient (Wildman–Crippen LogP) is 0.0822. The zero-order valence-corrected chi connectivity index (χ0v) is 14.6. The van der Waals surface area contributed by atoms with Gasteiger partial charge in [0.2, 0.25) is 11.8 Å². The molecule has 136 valence electrons. The van der Waals surface area contributed by atoms with E-state index in [2.05, 4.69) is 0 Å². The van der Waals surface area contributed by atoms with Gasteiger partial charge >= 0.3 is 6.09 Å². The van der Waals surface area contributed by atoms with Gasteiger partial charge in [-0.2, -0.15) is 0 Å². The van der Waals surface area contributed by atoms with Gasteiger partial charge in [0.15, 0.2) is 0 Å². The van der Waals surface area contributed by atoms with Crippen molar-refractivity contribution >= 4 is 17.9 Å². The molecule has 8 nitrogen and oxygen atoms in total. The van der Waals surface area contributed by atoms with Gasteiger partial charge in [-0.1, -0.05) is 0 Å². The lowest BCUT2D eigenvalue weighted by Gasteiger charge is -2.40. The number of hydrogen-bond acceptors (Lipinski definition) is 5. The Hall–Kier alpha value is -1.83. The van der Waals surface area contributed by atoms with Gasteiger partial charge < -0.3 is 25.4 Å². The van der Waals surface area contributed by atoms with Crippen LogP contribution in [0, 0.1) is 5.92 Å². The van der Waals surface area contributed by atoms with Gasteiger partial charge in [-0.25, -0.2) is 4.79 Å². The Bertz CT molecular complexity index is 520. The molecule has 3 N–H and O–H groups in total. The van der Waals surface area contributed by atoms with Crippen molar-refractivity contribution in [3.63, 3.8) is 0 Å². The molecule has 8 heteroatoms. The molecule has 1 atom stereocenters. The Morgan fingerprint density at radius 3 is 2.38 bits per heavy atom. The average molecular weight is 341 g/mol. The van der Waals surface area contributed by atoms with Crippen molar-refractivity contribution in [1.29, 1.82) is 0 Å². The number of rotatable bonds is 3. The van der Waals surface area contributed by atoms with E-state index in [-0.39, 0.29) is 25.4 Å². The number of likely N-dealkylation sites (tertiary alicyclic amines) is 2. The second kappa shape index (κ2) is 6.58. The smallest absolute Gasteiger partial charge is 0.410 e. The summed E-state index contributed by atoms with van der Waals surface area (Å²) < 4.78 is 5.33. The molecule has 0 bridgehead atoms. The van der Waals surface area contributed by atoms with E-state index < -0.39 is 29.1 Å². The first-order chi connectivity index (χ1) is 11.0. The lowest BCUT2D eigenvalue weighted by Crippen LogP contribution is -2.53. The topological polar surface area (TPSA) is 113 Å². The summed E-state index contributed by atoms with van der Waals surface area (Å²) in [6, 6.07) is 0. The predicted molar refractivity (Wildman–Crippen MR) is 85.9 cm³/mol. The summed E-state index contributed by atoms with van der Waals surface area (Å²) in [7, 11) is 0. The van der Waals surface area contributed by atoms with Crippen molar-refractivity contribution in [1.82, 2.24) is 9.80 Å². The maximum Gasteiger partial charge on any atom is 0.410 e. The molecule has 24 heavy (non-hydrogen) atoms. The normalized spacial score (nSPS) is 24.2. The number of β-amino-alcohol motifs (C(OH)–C–C–N with tert-alkyl or cyclic N) is 1. The molecule has 0 radical (unpaired) electrons. The Balaban J connectivity index is 1.87. The highest BCUT2D eigenvalue weighted by molar-refractivity contribution is 5.88. The molecule has 0 aromatic heterocycles. The highest BCUT2D eigenvalue weighted by atomic mass is 16.6. The molecule has 0 spiro atoms. The van der Waals surface area contributed by atoms with Crippen LogP contribution in [0.2, 0.25) is 0 Å². The summed E-state index contributed by atoms with van der Waals surface area (Å²) in [6.45, 7) is 6.57. The molecule has 2 aliphatic rings. The fourth-order valence-electron chi connectivity index (χ4n) is 3.06. The zero-order valence-electron chi connectivity index (χ0n) is 14.6. The minimum absolute atomic E-state index is 0.107. The maximum absolute atomic E-state index is 12.0. The van der Waals surface area contributed by atoms with Crippen LogP contribution < -0.4 is 5.73 Å². The summed E-state index contributed by atoms with van der Waals surface area (Å²) in [5.74, 6) is -1.14. The second-order valence-electron chi connectivity index (χ2n) is 7.77. The van der Waals surface area contributed by atoms with Gasteiger partial charge in [-0.05, 0) is 33.6 Å². The first kappa shape index (κ1) is 18.5. The maximum atomic E-state index is 12.0. The molecule has 1 unspecified atom stereocenters. The monoisotopic (exact) mass is 341 g/mol. The summed E-state index contributed by atoms with van der Waals surface area (Å²) in [6.07, 6.45) is 0.430. The Labute approximate surface area is 141 Å². The molecule has 0 aliphatic carbocycles. The molecule has 0 aromatic rings. The van der Waals surface area contributed by atoms with Gasteiger partial charge in [0.1, 0.15) is 5.60 Å². The van der Waals surface area contributed by atoms with E-state index in [9.17, 15) is 19.5 Å². The van der Waals surface area contributed by atoms with Crippen LogP contribution in [-0.4, -0.2) is 70.2 Å². The Morgan fingerprint density at radius 2 is 1.92 bits per heavy atom. The number of nitrogens with two attached hydrogens (primary N) is 1. The summed E-state index contributed by atoms with van der Waals surface area (Å²) in [5.41, 5.74) is 3.64. The van der Waals surface area contributed by atoms with Crippen LogP contribution in [0.3, 0.4) is 0 Å². The molecule has 0 saturated carbocycles. The van der Waals surface area contributed by atoms with Crippen molar-refractivity contribution in [3.8, 4) is 0 Å². The minimum atomic E-state index is -1.05. The quantitative estimate of drug-likeness (QED) is 0.755. The summed E-state index contributed by atoms with van der Waals surface area (Å²) in [4.78, 5) is 38.3. The van der Waals surface area contributed by atoms with Crippen LogP contribution in [0.5, 0.6) is 0 Å². The number of piperidine rings is 1. The van der Waals surface area contributed by atoms with Crippen LogP contribution >= 0.6 is 0 Å². The van der Waals surface area contributed by atoms with Gasteiger partial charge in [0, 0.05) is 32.6 Å². The SMILES string of the molecule is CC(C)(C)OC(=O)N1CCC(O)(CN2CC(C(N)=O)CC2=O)CC1. The summed E-state index contributed by atoms with van der Waals surface area (Å²) >= 11 is 0. The number of ether oxygens (including phenoxy) is 1. The molecule has 2 rings (SSSR count). The van der Waals surface area contributed by atoms with Crippen molar-refractivity contribution in [2.24, 2.45) is 11.7 Å². The molecule has 2 heterocycles. The third kappa shape index (κ3) is 4.59. The highest BCUT2D eigenvalue weighted by Gasteiger charge is 2.41. The number of nitrogens with zero attached hydrogens (tertiary/aromatic N) is 2. The lowest BCUT2D eigenvalue weighted by molar-refractivity contribution is -0.132. The molecular formula is C16H27N3O5. The average Bonchev–Trinajstić information content (AvgIpc) is 2.78. The largest absolute Gasteiger partial charge is 0.444 e. The minimum Gasteiger partial charge on any atom is -0.444 e. The molecule has 3 amide bonds. The van der Waals surface area contributed by atoms with Crippen molar-refractivity contribution in [3.05, 3.63) is 0 Å². The van der Waals surface area contributed by atoms with Gasteiger partial charge in [0.25, 0.3) is 0 Å². The number of amides is 3. The third-order valence-corrected chi connectivity index (χ3v) is 4.45.